The Kier molecular flexibility index (Phi) is 82.2. The van der Waals surface area contributed by atoms with Gasteiger partial charge in [-0.05, 0) is 103 Å². The van der Waals surface area contributed by atoms with Crippen LogP contribution < -0.4 is 0 Å². The lowest BCUT2D eigenvalue weighted by molar-refractivity contribution is -0.161. The van der Waals surface area contributed by atoms with Crippen molar-refractivity contribution in [1.29, 1.82) is 0 Å². The first-order valence-corrected chi connectivity index (χ1v) is 42.1. The van der Waals surface area contributed by atoms with Crippen LogP contribution in [0, 0.1) is 0 Å². The van der Waals surface area contributed by atoms with Crippen LogP contribution in [0.5, 0.6) is 0 Å². The maximum atomic E-state index is 12.4. The van der Waals surface area contributed by atoms with Crippen molar-refractivity contribution in [1.82, 2.24) is 0 Å². The minimum Gasteiger partial charge on any atom is -0.462 e. The molecule has 0 aliphatic carbocycles. The minimum absolute atomic E-state index is 0.0622. The zero-order chi connectivity index (χ0) is 69.0. The molecule has 0 aromatic rings. The molecule has 0 spiro atoms. The molecule has 0 bridgehead atoms. The zero-order valence-electron chi connectivity index (χ0n) is 63.9. The second kappa shape index (κ2) is 85.5. The van der Waals surface area contributed by atoms with Gasteiger partial charge in [0.15, 0.2) is 6.10 Å². The number of rotatable bonds is 78. The average Bonchev–Trinajstić information content (AvgIpc) is 3.73. The Morgan fingerprint density at radius 1 is 0.240 bits per heavy atom. The van der Waals surface area contributed by atoms with Crippen LogP contribution in [0.3, 0.4) is 0 Å². The Bertz CT molecular complexity index is 1860. The van der Waals surface area contributed by atoms with Crippen molar-refractivity contribution in [2.75, 3.05) is 13.2 Å². The molecule has 0 rings (SSSR count). The Morgan fingerprint density at radius 2 is 0.417 bits per heavy atom. The SMILES string of the molecule is CC/C=C\C/C=C\C/C=C\C/C=C\C/C=C\CCCCCCCCCCCCCCCCCCCCCCCCCCCC(=O)OCC(CO)OC(=O)CCCCCCCCCCCCCCCCCCCCCCCCCCC/C=C\C/C=C\C/C=C\C/C=C\C/C=C\CC. The lowest BCUT2D eigenvalue weighted by Gasteiger charge is -2.15. The van der Waals surface area contributed by atoms with Gasteiger partial charge in [-0.15, -0.1) is 0 Å². The molecule has 0 saturated carbocycles. The van der Waals surface area contributed by atoms with Crippen molar-refractivity contribution in [2.24, 2.45) is 0 Å². The van der Waals surface area contributed by atoms with Gasteiger partial charge in [-0.1, -0.05) is 431 Å². The summed E-state index contributed by atoms with van der Waals surface area (Å²) in [7, 11) is 0. The number of carbonyl (C=O) groups excluding carboxylic acids is 2. The Morgan fingerprint density at radius 3 is 0.625 bits per heavy atom. The van der Waals surface area contributed by atoms with Crippen LogP contribution in [0.1, 0.15) is 425 Å². The molecule has 1 atom stereocenters. The normalized spacial score (nSPS) is 12.8. The van der Waals surface area contributed by atoms with E-state index in [1.165, 1.54) is 295 Å². The van der Waals surface area contributed by atoms with Crippen LogP contribution in [0.4, 0.5) is 0 Å². The first-order chi connectivity index (χ1) is 47.6. The zero-order valence-corrected chi connectivity index (χ0v) is 63.9. The number of aliphatic hydroxyl groups excluding tert-OH is 1. The lowest BCUT2D eigenvalue weighted by Crippen LogP contribution is -2.28. The van der Waals surface area contributed by atoms with E-state index >= 15 is 0 Å². The van der Waals surface area contributed by atoms with Gasteiger partial charge in [0.2, 0.25) is 0 Å². The summed E-state index contributed by atoms with van der Waals surface area (Å²) in [6.07, 6.45) is 126. The van der Waals surface area contributed by atoms with Gasteiger partial charge >= 0.3 is 11.9 Å². The molecule has 96 heavy (non-hydrogen) atoms. The Labute approximate surface area is 598 Å². The molecule has 0 aromatic carbocycles. The topological polar surface area (TPSA) is 72.8 Å². The van der Waals surface area contributed by atoms with Crippen molar-refractivity contribution < 1.29 is 24.2 Å². The van der Waals surface area contributed by atoms with E-state index in [4.69, 9.17) is 9.47 Å². The summed E-state index contributed by atoms with van der Waals surface area (Å²) >= 11 is 0. The standard InChI is InChI=1S/C91H160O5/c1-3-5-7-9-11-13-15-17-19-21-23-25-27-29-31-33-35-37-39-41-43-45-47-49-51-53-55-57-59-61-63-65-67-69-71-73-75-77-79-81-83-85-90(93)95-88-89(87-92)96-91(94)86-84-82-80-78-76-74-72-70-68-66-64-62-60-58-56-54-52-50-48-46-44-42-40-38-36-34-32-30-28-26-24-22-20-18-16-14-12-10-8-6-4-2/h5-8,11-14,17-20,23-26,29-32,89,92H,3-4,9-10,15-16,21-22,27-28,33-88H2,1-2H3/b7-5-,8-6-,13-11-,14-12-,19-17-,20-18-,25-23-,26-24-,31-29-,32-30-. The number of hydrogen-bond acceptors (Lipinski definition) is 5. The summed E-state index contributed by atoms with van der Waals surface area (Å²) in [6, 6.07) is 0. The van der Waals surface area contributed by atoms with E-state index < -0.39 is 6.10 Å². The highest BCUT2D eigenvalue weighted by atomic mass is 16.6. The van der Waals surface area contributed by atoms with E-state index in [0.717, 1.165) is 103 Å². The molecule has 0 radical (unpaired) electrons. The van der Waals surface area contributed by atoms with Gasteiger partial charge in [0, 0.05) is 12.8 Å². The number of unbranched alkanes of at least 4 members (excludes halogenated alkanes) is 50. The summed E-state index contributed by atoms with van der Waals surface area (Å²) in [6.45, 7) is 3.96. The number of hydrogen-bond donors (Lipinski definition) is 1. The molecule has 5 heteroatoms. The van der Waals surface area contributed by atoms with Gasteiger partial charge in [-0.25, -0.2) is 0 Å². The highest BCUT2D eigenvalue weighted by Gasteiger charge is 2.16. The third-order valence-corrected chi connectivity index (χ3v) is 18.8. The second-order valence-electron chi connectivity index (χ2n) is 28.1. The minimum atomic E-state index is -0.774. The maximum Gasteiger partial charge on any atom is 0.306 e. The fourth-order valence-corrected chi connectivity index (χ4v) is 12.6. The van der Waals surface area contributed by atoms with E-state index in [9.17, 15) is 14.7 Å². The highest BCUT2D eigenvalue weighted by molar-refractivity contribution is 5.70. The lowest BCUT2D eigenvalue weighted by atomic mass is 10.0. The number of allylic oxidation sites excluding steroid dienone is 20. The number of ether oxygens (including phenoxy) is 2. The first kappa shape index (κ1) is 92.3. The van der Waals surface area contributed by atoms with Crippen LogP contribution in [-0.2, 0) is 19.1 Å². The van der Waals surface area contributed by atoms with Gasteiger partial charge in [-0.3, -0.25) is 9.59 Å². The molecule has 1 N–H and O–H groups in total. The molecule has 0 aliphatic heterocycles. The molecular weight excluding hydrogens is 1170 g/mol. The molecule has 1 unspecified atom stereocenters. The van der Waals surface area contributed by atoms with Crippen molar-refractivity contribution in [2.45, 2.75) is 431 Å². The van der Waals surface area contributed by atoms with Crippen molar-refractivity contribution in [3.05, 3.63) is 122 Å². The van der Waals surface area contributed by atoms with E-state index in [0.29, 0.717) is 12.8 Å². The largest absolute Gasteiger partial charge is 0.462 e. The van der Waals surface area contributed by atoms with Gasteiger partial charge in [0.25, 0.3) is 0 Å². The molecular formula is C91H160O5. The summed E-state index contributed by atoms with van der Waals surface area (Å²) < 4.78 is 10.8. The number of esters is 2. The molecule has 0 amide bonds. The van der Waals surface area contributed by atoms with E-state index in [2.05, 4.69) is 135 Å². The monoisotopic (exact) mass is 1330 g/mol. The quantitative estimate of drug-likeness (QED) is 0.0373. The fourth-order valence-electron chi connectivity index (χ4n) is 12.6. The van der Waals surface area contributed by atoms with Crippen LogP contribution in [-0.4, -0.2) is 36.4 Å². The van der Waals surface area contributed by atoms with Gasteiger partial charge in [0.1, 0.15) is 6.61 Å². The fraction of sp³-hybridized carbons (Fsp3) is 0.758. The van der Waals surface area contributed by atoms with Gasteiger partial charge < -0.3 is 14.6 Å². The smallest absolute Gasteiger partial charge is 0.306 e. The third kappa shape index (κ3) is 82.7. The third-order valence-electron chi connectivity index (χ3n) is 18.8. The first-order valence-electron chi connectivity index (χ1n) is 42.1. The predicted molar refractivity (Wildman–Crippen MR) is 426 cm³/mol. The van der Waals surface area contributed by atoms with Gasteiger partial charge in [-0.2, -0.15) is 0 Å². The van der Waals surface area contributed by atoms with Crippen LogP contribution >= 0.6 is 0 Å². The number of aliphatic hydroxyl groups is 1. The molecule has 554 valence electrons. The molecule has 0 aromatic heterocycles. The van der Waals surface area contributed by atoms with E-state index in [1.807, 2.05) is 0 Å². The van der Waals surface area contributed by atoms with Crippen molar-refractivity contribution in [3.63, 3.8) is 0 Å². The number of carbonyl (C=O) groups is 2. The Hall–Kier alpha value is -3.70. The summed E-state index contributed by atoms with van der Waals surface area (Å²) in [5.74, 6) is -0.568. The molecule has 0 aliphatic rings. The van der Waals surface area contributed by atoms with Gasteiger partial charge in [0.05, 0.1) is 6.61 Å². The maximum absolute atomic E-state index is 12.4. The Balaban J connectivity index is 3.38. The van der Waals surface area contributed by atoms with E-state index in [-0.39, 0.29) is 25.2 Å². The molecule has 0 fully saturated rings. The average molecular weight is 1330 g/mol. The highest BCUT2D eigenvalue weighted by Crippen LogP contribution is 2.20. The van der Waals surface area contributed by atoms with Crippen molar-refractivity contribution >= 4 is 11.9 Å². The predicted octanol–water partition coefficient (Wildman–Crippen LogP) is 30.0. The van der Waals surface area contributed by atoms with E-state index in [1.54, 1.807) is 0 Å². The van der Waals surface area contributed by atoms with Crippen molar-refractivity contribution in [3.8, 4) is 0 Å². The summed E-state index contributed by atoms with van der Waals surface area (Å²) in [5, 5.41) is 9.74. The van der Waals surface area contributed by atoms with Crippen LogP contribution in [0.25, 0.3) is 0 Å². The summed E-state index contributed by atoms with van der Waals surface area (Å²) in [5.41, 5.74) is 0. The van der Waals surface area contributed by atoms with Crippen LogP contribution in [0.15, 0.2) is 122 Å². The molecule has 5 nitrogen and oxygen atoms in total. The second-order valence-corrected chi connectivity index (χ2v) is 28.1. The van der Waals surface area contributed by atoms with Crippen LogP contribution in [0.2, 0.25) is 0 Å². The summed E-state index contributed by atoms with van der Waals surface area (Å²) in [4.78, 5) is 24.8. The molecule has 0 heterocycles. The molecule has 0 saturated heterocycles.